The second-order valence-corrected chi connectivity index (χ2v) is 6.93. The lowest BCUT2D eigenvalue weighted by atomic mass is 10.1. The van der Waals surface area contributed by atoms with Crippen molar-refractivity contribution in [1.82, 2.24) is 19.6 Å². The van der Waals surface area contributed by atoms with Crippen molar-refractivity contribution in [2.75, 3.05) is 5.32 Å². The summed E-state index contributed by atoms with van der Waals surface area (Å²) in [5, 5.41) is 10.7. The standard InChI is InChI=1S/C20H23F2N5O2/c1-12-5-6-18(13(2)7-12)29-11-26-10-16(9-23-26)24-20(28)15(4)27-14(3)8-17(25-27)19(21)22/h5-10,15,19H,11H2,1-4H3,(H,24,28). The molecule has 154 valence electrons. The quantitative estimate of drug-likeness (QED) is 0.642. The van der Waals surface area contributed by atoms with E-state index in [9.17, 15) is 13.6 Å². The molecule has 1 N–H and O–H groups in total. The van der Waals surface area contributed by atoms with E-state index in [1.807, 2.05) is 32.0 Å². The number of hydrogen-bond donors (Lipinski definition) is 1. The summed E-state index contributed by atoms with van der Waals surface area (Å²) in [7, 11) is 0. The number of halogens is 2. The van der Waals surface area contributed by atoms with Crippen molar-refractivity contribution in [3.63, 3.8) is 0 Å². The summed E-state index contributed by atoms with van der Waals surface area (Å²) in [6.07, 6.45) is 0.450. The number of aromatic nitrogens is 4. The molecule has 0 saturated heterocycles. The molecule has 1 unspecified atom stereocenters. The predicted octanol–water partition coefficient (Wildman–Crippen LogP) is 4.18. The molecule has 0 bridgehead atoms. The van der Waals surface area contributed by atoms with Gasteiger partial charge in [-0.3, -0.25) is 9.48 Å². The maximum Gasteiger partial charge on any atom is 0.282 e. The van der Waals surface area contributed by atoms with Crippen molar-refractivity contribution in [1.29, 1.82) is 0 Å². The number of carbonyl (C=O) groups excluding carboxylic acids is 1. The number of hydrogen-bond acceptors (Lipinski definition) is 4. The smallest absolute Gasteiger partial charge is 0.282 e. The Morgan fingerprint density at radius 3 is 2.66 bits per heavy atom. The first-order valence-corrected chi connectivity index (χ1v) is 9.12. The van der Waals surface area contributed by atoms with Gasteiger partial charge in [-0.15, -0.1) is 0 Å². The number of nitrogens with one attached hydrogen (secondary N) is 1. The fraction of sp³-hybridized carbons (Fsp3) is 0.350. The maximum absolute atomic E-state index is 12.8. The molecular weight excluding hydrogens is 380 g/mol. The number of anilines is 1. The Morgan fingerprint density at radius 2 is 2.00 bits per heavy atom. The van der Waals surface area contributed by atoms with Crippen LogP contribution >= 0.6 is 0 Å². The maximum atomic E-state index is 12.8. The van der Waals surface area contributed by atoms with Gasteiger partial charge >= 0.3 is 0 Å². The normalized spacial score (nSPS) is 12.2. The highest BCUT2D eigenvalue weighted by Crippen LogP contribution is 2.22. The van der Waals surface area contributed by atoms with Crippen LogP contribution in [0.3, 0.4) is 0 Å². The van der Waals surface area contributed by atoms with Gasteiger partial charge in [0, 0.05) is 5.69 Å². The highest BCUT2D eigenvalue weighted by atomic mass is 19.3. The van der Waals surface area contributed by atoms with E-state index in [0.717, 1.165) is 16.9 Å². The number of carbonyl (C=O) groups is 1. The monoisotopic (exact) mass is 403 g/mol. The van der Waals surface area contributed by atoms with Gasteiger partial charge in [0.15, 0.2) is 6.73 Å². The van der Waals surface area contributed by atoms with Crippen molar-refractivity contribution in [2.45, 2.75) is 46.9 Å². The fourth-order valence-electron chi connectivity index (χ4n) is 2.96. The van der Waals surface area contributed by atoms with Crippen LogP contribution in [-0.4, -0.2) is 25.5 Å². The van der Waals surface area contributed by atoms with Crippen LogP contribution in [0.2, 0.25) is 0 Å². The van der Waals surface area contributed by atoms with Crippen molar-refractivity contribution >= 4 is 11.6 Å². The Hall–Kier alpha value is -3.23. The van der Waals surface area contributed by atoms with Crippen molar-refractivity contribution < 1.29 is 18.3 Å². The highest BCUT2D eigenvalue weighted by molar-refractivity contribution is 5.93. The molecule has 29 heavy (non-hydrogen) atoms. The van der Waals surface area contributed by atoms with Crippen LogP contribution in [0.4, 0.5) is 14.5 Å². The third kappa shape index (κ3) is 4.79. The van der Waals surface area contributed by atoms with Gasteiger partial charge in [-0.25, -0.2) is 13.5 Å². The first-order chi connectivity index (χ1) is 13.7. The number of alkyl halides is 2. The minimum Gasteiger partial charge on any atom is -0.471 e. The average Bonchev–Trinajstić information content (AvgIpc) is 3.27. The van der Waals surface area contributed by atoms with Gasteiger partial charge in [0.2, 0.25) is 5.91 Å². The molecule has 0 aliphatic rings. The predicted molar refractivity (Wildman–Crippen MR) is 104 cm³/mol. The SMILES string of the molecule is Cc1ccc(OCn2cc(NC(=O)C(C)n3nc(C(F)F)cc3C)cn2)c(C)c1. The Bertz CT molecular complexity index is 1010. The Labute approximate surface area is 167 Å². The molecule has 0 fully saturated rings. The molecule has 1 amide bonds. The van der Waals surface area contributed by atoms with Crippen LogP contribution in [0.25, 0.3) is 0 Å². The van der Waals surface area contributed by atoms with E-state index in [2.05, 4.69) is 15.5 Å². The number of aryl methyl sites for hydroxylation is 3. The molecule has 0 aliphatic carbocycles. The van der Waals surface area contributed by atoms with Crippen LogP contribution in [0, 0.1) is 20.8 Å². The van der Waals surface area contributed by atoms with Crippen LogP contribution in [0.15, 0.2) is 36.7 Å². The van der Waals surface area contributed by atoms with Crippen LogP contribution in [-0.2, 0) is 11.5 Å². The Balaban J connectivity index is 1.61. The summed E-state index contributed by atoms with van der Waals surface area (Å²) < 4.78 is 34.2. The minimum atomic E-state index is -2.68. The lowest BCUT2D eigenvalue weighted by molar-refractivity contribution is -0.119. The number of ether oxygens (including phenoxy) is 1. The summed E-state index contributed by atoms with van der Waals surface area (Å²) in [5.41, 5.74) is 2.79. The number of benzene rings is 1. The summed E-state index contributed by atoms with van der Waals surface area (Å²) in [6, 6.07) is 6.42. The van der Waals surface area contributed by atoms with E-state index in [0.29, 0.717) is 11.4 Å². The van der Waals surface area contributed by atoms with Gasteiger partial charge in [-0.1, -0.05) is 17.7 Å². The number of rotatable bonds is 7. The summed E-state index contributed by atoms with van der Waals surface area (Å²) >= 11 is 0. The molecule has 1 aromatic carbocycles. The molecule has 2 heterocycles. The van der Waals surface area contributed by atoms with Crippen molar-refractivity contribution in [3.8, 4) is 5.75 Å². The zero-order chi connectivity index (χ0) is 21.1. The average molecular weight is 403 g/mol. The van der Waals surface area contributed by atoms with E-state index in [-0.39, 0.29) is 18.3 Å². The molecule has 7 nitrogen and oxygen atoms in total. The van der Waals surface area contributed by atoms with E-state index in [4.69, 9.17) is 4.74 Å². The van der Waals surface area contributed by atoms with E-state index < -0.39 is 12.5 Å². The summed E-state index contributed by atoms with van der Waals surface area (Å²) in [4.78, 5) is 12.5. The number of nitrogens with zero attached hydrogens (tertiary/aromatic N) is 4. The van der Waals surface area contributed by atoms with Crippen LogP contribution < -0.4 is 10.1 Å². The summed E-state index contributed by atoms with van der Waals surface area (Å²) in [5.74, 6) is 0.376. The van der Waals surface area contributed by atoms with Crippen molar-refractivity contribution in [3.05, 3.63) is 59.2 Å². The first-order valence-electron chi connectivity index (χ1n) is 9.12. The molecule has 0 aliphatic heterocycles. The molecule has 0 saturated carbocycles. The molecule has 0 radical (unpaired) electrons. The molecule has 9 heteroatoms. The summed E-state index contributed by atoms with van der Waals surface area (Å²) in [6.45, 7) is 7.39. The highest BCUT2D eigenvalue weighted by Gasteiger charge is 2.21. The minimum absolute atomic E-state index is 0.186. The molecule has 3 aromatic rings. The van der Waals surface area contributed by atoms with Crippen LogP contribution in [0.1, 0.15) is 41.9 Å². The van der Waals surface area contributed by atoms with Gasteiger partial charge in [-0.2, -0.15) is 10.2 Å². The molecular formula is C20H23F2N5O2. The lowest BCUT2D eigenvalue weighted by Crippen LogP contribution is -2.25. The lowest BCUT2D eigenvalue weighted by Gasteiger charge is -2.13. The second kappa shape index (κ2) is 8.42. The van der Waals surface area contributed by atoms with E-state index >= 15 is 0 Å². The third-order valence-corrected chi connectivity index (χ3v) is 4.49. The van der Waals surface area contributed by atoms with Gasteiger partial charge < -0.3 is 10.1 Å². The van der Waals surface area contributed by atoms with Gasteiger partial charge in [0.1, 0.15) is 17.5 Å². The van der Waals surface area contributed by atoms with Gasteiger partial charge in [-0.05, 0) is 45.4 Å². The van der Waals surface area contributed by atoms with E-state index in [1.165, 1.54) is 16.9 Å². The first kappa shape index (κ1) is 20.5. The molecule has 1 atom stereocenters. The molecule has 2 aromatic heterocycles. The van der Waals surface area contributed by atoms with Crippen LogP contribution in [0.5, 0.6) is 5.75 Å². The Kier molecular flexibility index (Phi) is 5.95. The molecule has 3 rings (SSSR count). The fourth-order valence-corrected chi connectivity index (χ4v) is 2.96. The second-order valence-electron chi connectivity index (χ2n) is 6.93. The topological polar surface area (TPSA) is 74.0 Å². The largest absolute Gasteiger partial charge is 0.471 e. The number of amides is 1. The van der Waals surface area contributed by atoms with Gasteiger partial charge in [0.05, 0.1) is 18.1 Å². The Morgan fingerprint density at radius 1 is 1.24 bits per heavy atom. The third-order valence-electron chi connectivity index (χ3n) is 4.49. The van der Waals surface area contributed by atoms with E-state index in [1.54, 1.807) is 24.7 Å². The zero-order valence-electron chi connectivity index (χ0n) is 16.7. The molecule has 0 spiro atoms. The zero-order valence-corrected chi connectivity index (χ0v) is 16.7. The van der Waals surface area contributed by atoms with Gasteiger partial charge in [0.25, 0.3) is 6.43 Å². The van der Waals surface area contributed by atoms with Crippen molar-refractivity contribution in [2.24, 2.45) is 0 Å².